The topological polar surface area (TPSA) is 61.9 Å². The number of cyclic esters (lactones) is 1. The van der Waals surface area contributed by atoms with E-state index in [1.54, 1.807) is 4.90 Å². The molecule has 1 aromatic rings. The van der Waals surface area contributed by atoms with Crippen molar-refractivity contribution in [1.29, 1.82) is 0 Å². The lowest BCUT2D eigenvalue weighted by molar-refractivity contribution is 0.108. The summed E-state index contributed by atoms with van der Waals surface area (Å²) in [4.78, 5) is 27.7. The van der Waals surface area contributed by atoms with Crippen LogP contribution in [0, 0.1) is 11.8 Å². The van der Waals surface area contributed by atoms with Crippen LogP contribution in [0.3, 0.4) is 0 Å². The highest BCUT2D eigenvalue weighted by molar-refractivity contribution is 5.91. The molecule has 1 aromatic carbocycles. The minimum absolute atomic E-state index is 0.0163. The van der Waals surface area contributed by atoms with Gasteiger partial charge in [0.2, 0.25) is 0 Å². The second-order valence-corrected chi connectivity index (χ2v) is 7.28. The second kappa shape index (κ2) is 6.94. The molecule has 1 aliphatic carbocycles. The van der Waals surface area contributed by atoms with Gasteiger partial charge in [0, 0.05) is 24.5 Å². The lowest BCUT2D eigenvalue weighted by Gasteiger charge is -2.41. The van der Waals surface area contributed by atoms with Crippen LogP contribution in [0.15, 0.2) is 24.3 Å². The van der Waals surface area contributed by atoms with Crippen LogP contribution in [-0.2, 0) is 4.74 Å². The van der Waals surface area contributed by atoms with Gasteiger partial charge in [-0.15, -0.1) is 0 Å². The summed E-state index contributed by atoms with van der Waals surface area (Å²) in [6.45, 7) is 2.73. The van der Waals surface area contributed by atoms with Crippen LogP contribution >= 0.6 is 0 Å². The number of benzene rings is 1. The summed E-state index contributed by atoms with van der Waals surface area (Å²) in [5.41, 5.74) is 1.55. The number of anilines is 2. The number of piperidine rings is 1. The molecule has 6 heteroatoms. The Kier molecular flexibility index (Phi) is 4.51. The third-order valence-corrected chi connectivity index (χ3v) is 5.77. The minimum Gasteiger partial charge on any atom is -0.447 e. The lowest BCUT2D eigenvalue weighted by atomic mass is 9.75. The Hall–Kier alpha value is -2.24. The highest BCUT2D eigenvalue weighted by Crippen LogP contribution is 2.36. The van der Waals surface area contributed by atoms with Crippen molar-refractivity contribution in [2.24, 2.45) is 11.8 Å². The van der Waals surface area contributed by atoms with Gasteiger partial charge in [0.05, 0.1) is 6.54 Å². The summed E-state index contributed by atoms with van der Waals surface area (Å²) >= 11 is 0. The van der Waals surface area contributed by atoms with Crippen molar-refractivity contribution >= 4 is 23.5 Å². The van der Waals surface area contributed by atoms with Crippen LogP contribution in [0.2, 0.25) is 0 Å². The van der Waals surface area contributed by atoms with Gasteiger partial charge >= 0.3 is 12.1 Å². The second-order valence-electron chi connectivity index (χ2n) is 7.28. The van der Waals surface area contributed by atoms with Gasteiger partial charge in [-0.25, -0.2) is 9.59 Å². The van der Waals surface area contributed by atoms with Crippen LogP contribution in [0.5, 0.6) is 0 Å². The fraction of sp³-hybridized carbons (Fsp3) is 0.579. The van der Waals surface area contributed by atoms with Crippen molar-refractivity contribution in [3.8, 4) is 0 Å². The van der Waals surface area contributed by atoms with Gasteiger partial charge in [-0.05, 0) is 48.9 Å². The molecule has 0 spiro atoms. The number of carbonyl (C=O) groups excluding carboxylic acids is 2. The molecule has 2 atom stereocenters. The number of carbonyl (C=O) groups is 2. The average Bonchev–Trinajstić information content (AvgIpc) is 3.08. The molecule has 4 rings (SSSR count). The molecule has 3 amide bonds. The number of ether oxygens (including phenoxy) is 1. The van der Waals surface area contributed by atoms with Gasteiger partial charge in [0.25, 0.3) is 0 Å². The molecule has 1 N–H and O–H groups in total. The number of nitrogens with zero attached hydrogens (tertiary/aromatic N) is 2. The molecule has 2 saturated heterocycles. The number of fused-ring (bicyclic) bond motifs is 1. The van der Waals surface area contributed by atoms with Gasteiger partial charge in [0.1, 0.15) is 6.61 Å². The van der Waals surface area contributed by atoms with Gasteiger partial charge < -0.3 is 15.0 Å². The van der Waals surface area contributed by atoms with Crippen LogP contribution in [0.1, 0.15) is 32.1 Å². The van der Waals surface area contributed by atoms with E-state index in [2.05, 4.69) is 5.32 Å². The Morgan fingerprint density at radius 2 is 1.80 bits per heavy atom. The Bertz CT molecular complexity index is 646. The summed E-state index contributed by atoms with van der Waals surface area (Å²) in [5, 5.41) is 2.99. The largest absolute Gasteiger partial charge is 0.447 e. The van der Waals surface area contributed by atoms with Gasteiger partial charge in [-0.1, -0.05) is 19.3 Å². The first-order valence-corrected chi connectivity index (χ1v) is 9.31. The molecule has 1 saturated carbocycles. The average molecular weight is 343 g/mol. The van der Waals surface area contributed by atoms with Crippen molar-refractivity contribution in [3.63, 3.8) is 0 Å². The molecule has 0 aromatic heterocycles. The number of hydrogen-bond donors (Lipinski definition) is 1. The van der Waals surface area contributed by atoms with Crippen molar-refractivity contribution in [2.75, 3.05) is 36.5 Å². The van der Waals surface area contributed by atoms with Crippen LogP contribution in [0.4, 0.5) is 21.0 Å². The van der Waals surface area contributed by atoms with Gasteiger partial charge in [0.15, 0.2) is 0 Å². The van der Waals surface area contributed by atoms with Crippen molar-refractivity contribution in [1.82, 2.24) is 4.90 Å². The molecular weight excluding hydrogens is 318 g/mol. The van der Waals surface area contributed by atoms with Crippen LogP contribution in [0.25, 0.3) is 0 Å². The highest BCUT2D eigenvalue weighted by atomic mass is 16.6. The van der Waals surface area contributed by atoms with E-state index in [-0.39, 0.29) is 12.1 Å². The number of amides is 3. The summed E-state index contributed by atoms with van der Waals surface area (Å²) in [7, 11) is 0. The normalized spacial score (nSPS) is 26.2. The number of nitrogens with one attached hydrogen (secondary N) is 1. The van der Waals surface area contributed by atoms with Crippen molar-refractivity contribution in [2.45, 2.75) is 32.1 Å². The molecule has 25 heavy (non-hydrogen) atoms. The maximum absolute atomic E-state index is 12.6. The molecule has 2 heterocycles. The molecule has 0 radical (unpaired) electrons. The molecule has 6 nitrogen and oxygen atoms in total. The zero-order valence-electron chi connectivity index (χ0n) is 14.4. The first-order chi connectivity index (χ1) is 12.2. The summed E-state index contributed by atoms with van der Waals surface area (Å²) in [6, 6.07) is 7.35. The molecular formula is C19H25N3O3. The molecule has 0 bridgehead atoms. The fourth-order valence-corrected chi connectivity index (χ4v) is 4.34. The number of likely N-dealkylation sites (tertiary alicyclic amines) is 1. The van der Waals surface area contributed by atoms with Gasteiger partial charge in [-0.2, -0.15) is 0 Å². The van der Waals surface area contributed by atoms with E-state index in [9.17, 15) is 9.59 Å². The lowest BCUT2D eigenvalue weighted by Crippen LogP contribution is -2.46. The number of hydrogen-bond acceptors (Lipinski definition) is 3. The molecule has 3 fully saturated rings. The zero-order valence-corrected chi connectivity index (χ0v) is 14.4. The van der Waals surface area contributed by atoms with E-state index in [1.807, 2.05) is 29.2 Å². The molecule has 3 aliphatic rings. The smallest absolute Gasteiger partial charge is 0.414 e. The Morgan fingerprint density at radius 1 is 1.04 bits per heavy atom. The first kappa shape index (κ1) is 16.2. The number of urea groups is 1. The maximum atomic E-state index is 12.6. The maximum Gasteiger partial charge on any atom is 0.414 e. The molecule has 2 aliphatic heterocycles. The van der Waals surface area contributed by atoms with Crippen molar-refractivity contribution in [3.05, 3.63) is 24.3 Å². The fourth-order valence-electron chi connectivity index (χ4n) is 4.34. The van der Waals surface area contributed by atoms with Crippen LogP contribution < -0.4 is 10.2 Å². The monoisotopic (exact) mass is 343 g/mol. The van der Waals surface area contributed by atoms with E-state index in [0.717, 1.165) is 36.8 Å². The molecule has 134 valence electrons. The van der Waals surface area contributed by atoms with E-state index in [4.69, 9.17) is 4.74 Å². The standard InChI is InChI=1S/C19H25N3O3/c23-18(21-10-9-14-3-1-2-4-15(14)13-21)20-16-5-7-17(8-6-16)22-11-12-25-19(22)24/h5-8,14-15H,1-4,9-13H2,(H,20,23)/t14-,15-/m1/s1. The third kappa shape index (κ3) is 3.43. The zero-order chi connectivity index (χ0) is 17.2. The third-order valence-electron chi connectivity index (χ3n) is 5.77. The SMILES string of the molecule is O=C(Nc1ccc(N2CCOC2=O)cc1)N1CC[C@H]2CCCC[C@@H]2C1. The Balaban J connectivity index is 1.35. The van der Waals surface area contributed by atoms with Crippen molar-refractivity contribution < 1.29 is 14.3 Å². The highest BCUT2D eigenvalue weighted by Gasteiger charge is 2.33. The summed E-state index contributed by atoms with van der Waals surface area (Å²) in [5.74, 6) is 1.49. The van der Waals surface area contributed by atoms with Crippen LogP contribution in [-0.4, -0.2) is 43.3 Å². The van der Waals surface area contributed by atoms with E-state index >= 15 is 0 Å². The summed E-state index contributed by atoms with van der Waals surface area (Å²) in [6.07, 6.45) is 6.07. The quantitative estimate of drug-likeness (QED) is 0.891. The summed E-state index contributed by atoms with van der Waals surface area (Å²) < 4.78 is 4.95. The number of rotatable bonds is 2. The minimum atomic E-state index is -0.313. The predicted molar refractivity (Wildman–Crippen MR) is 95.8 cm³/mol. The Morgan fingerprint density at radius 3 is 2.52 bits per heavy atom. The van der Waals surface area contributed by atoms with E-state index in [1.165, 1.54) is 25.7 Å². The first-order valence-electron chi connectivity index (χ1n) is 9.31. The van der Waals surface area contributed by atoms with E-state index < -0.39 is 0 Å². The van der Waals surface area contributed by atoms with Gasteiger partial charge in [-0.3, -0.25) is 4.90 Å². The predicted octanol–water partition coefficient (Wildman–Crippen LogP) is 3.69. The Labute approximate surface area is 148 Å². The van der Waals surface area contributed by atoms with E-state index in [0.29, 0.717) is 19.1 Å². The molecule has 0 unspecified atom stereocenters.